The number of ketones is 2. The van der Waals surface area contributed by atoms with Crippen molar-refractivity contribution < 1.29 is 19.8 Å². The number of phenols is 2. The average molecular weight is 555 g/mol. The summed E-state index contributed by atoms with van der Waals surface area (Å²) in [6.07, 6.45) is 0. The lowest BCUT2D eigenvalue weighted by atomic mass is 9.82. The Kier molecular flexibility index (Phi) is 6.99. The second-order valence-corrected chi connectivity index (χ2v) is 9.21. The summed E-state index contributed by atoms with van der Waals surface area (Å²) in [6.45, 7) is 0. The molecule has 0 heterocycles. The minimum absolute atomic E-state index is 0.156. The van der Waals surface area contributed by atoms with E-state index in [0.29, 0.717) is 0 Å². The van der Waals surface area contributed by atoms with Crippen LogP contribution in [0.4, 0.5) is 0 Å². The molecule has 0 amide bonds. The van der Waals surface area contributed by atoms with E-state index in [9.17, 15) is 19.8 Å². The van der Waals surface area contributed by atoms with Crippen molar-refractivity contribution in [2.45, 2.75) is 5.92 Å². The zero-order chi connectivity index (χ0) is 24.7. The quantitative estimate of drug-likeness (QED) is 0.0855. The monoisotopic (exact) mass is 552 g/mol. The molecule has 0 aliphatic heterocycles. The normalized spacial score (nSPS) is 11.2. The zero-order valence-electron chi connectivity index (χ0n) is 17.0. The number of carbonyl (C=O) groups excluding carboxylic acids is 2. The van der Waals surface area contributed by atoms with Crippen LogP contribution in [0.5, 0.6) is 11.5 Å². The third kappa shape index (κ3) is 4.00. The molecule has 0 aliphatic rings. The van der Waals surface area contributed by atoms with Crippen LogP contribution in [0, 0.1) is 0 Å². The highest BCUT2D eigenvalue weighted by molar-refractivity contribution is 6.56. The Morgan fingerprint density at radius 3 is 1.35 bits per heavy atom. The lowest BCUT2D eigenvalue weighted by Gasteiger charge is -2.22. The van der Waals surface area contributed by atoms with Gasteiger partial charge in [0.15, 0.2) is 11.6 Å². The van der Waals surface area contributed by atoms with Gasteiger partial charge in [0.25, 0.3) is 0 Å². The number of rotatable bonds is 5. The number of phenolic OH excluding ortho intramolecular Hbond substituents is 2. The molecule has 0 aromatic heterocycles. The predicted octanol–water partition coefficient (Wildman–Crippen LogP) is 8.37. The summed E-state index contributed by atoms with van der Waals surface area (Å²) < 4.78 is 0. The molecule has 9 heteroatoms. The number of halogens is 5. The molecule has 0 bridgehead atoms. The molecule has 0 saturated heterocycles. The van der Waals surface area contributed by atoms with E-state index in [1.54, 1.807) is 36.4 Å². The van der Waals surface area contributed by atoms with Crippen molar-refractivity contribution in [2.24, 2.45) is 0 Å². The third-order valence-corrected chi connectivity index (χ3v) is 7.55. The van der Waals surface area contributed by atoms with E-state index in [2.05, 4.69) is 0 Å². The molecule has 34 heavy (non-hydrogen) atoms. The summed E-state index contributed by atoms with van der Waals surface area (Å²) in [6, 6.07) is 16.1. The Hall–Kier alpha value is -2.47. The SMILES string of the molecule is O=C(c1ccccc1)C(C(=O)c1ccccc1)c1c(Cl)c(O)c2c(Cl)c(Cl)c(Cl)c(Cl)c2c1O. The van der Waals surface area contributed by atoms with Crippen LogP contribution in [0.1, 0.15) is 32.2 Å². The summed E-state index contributed by atoms with van der Waals surface area (Å²) in [5.74, 6) is -4.14. The highest BCUT2D eigenvalue weighted by Gasteiger charge is 2.37. The molecular weight excluding hydrogens is 542 g/mol. The van der Waals surface area contributed by atoms with Crippen LogP contribution in [-0.2, 0) is 0 Å². The predicted molar refractivity (Wildman–Crippen MR) is 137 cm³/mol. The Labute approximate surface area is 219 Å². The first-order valence-corrected chi connectivity index (χ1v) is 11.6. The first-order chi connectivity index (χ1) is 16.2. The fraction of sp³-hybridized carbons (Fsp3) is 0.0400. The molecule has 0 radical (unpaired) electrons. The molecule has 4 aromatic rings. The zero-order valence-corrected chi connectivity index (χ0v) is 20.7. The van der Waals surface area contributed by atoms with Crippen molar-refractivity contribution >= 4 is 80.3 Å². The van der Waals surface area contributed by atoms with Gasteiger partial charge in [0.1, 0.15) is 17.4 Å². The van der Waals surface area contributed by atoms with Crippen molar-refractivity contribution in [2.75, 3.05) is 0 Å². The molecule has 4 aromatic carbocycles. The minimum Gasteiger partial charge on any atom is -0.507 e. The second-order valence-electron chi connectivity index (χ2n) is 7.32. The highest BCUT2D eigenvalue weighted by Crippen LogP contribution is 2.54. The standard InChI is InChI=1S/C25H13Cl5O4/c26-17-13-14(18(27)21(30)20(17)29)25(34)19(28)15(24(13)33)16(22(31)11-7-3-1-4-8-11)23(32)12-9-5-2-6-10-12/h1-10,16,33-34H. The largest absolute Gasteiger partial charge is 0.507 e. The molecule has 2 N–H and O–H groups in total. The van der Waals surface area contributed by atoms with Gasteiger partial charge in [-0.05, 0) is 0 Å². The van der Waals surface area contributed by atoms with Crippen LogP contribution in [-0.4, -0.2) is 21.8 Å². The summed E-state index contributed by atoms with van der Waals surface area (Å²) >= 11 is 31.3. The lowest BCUT2D eigenvalue weighted by Crippen LogP contribution is -2.23. The third-order valence-electron chi connectivity index (χ3n) is 5.37. The van der Waals surface area contributed by atoms with Crippen molar-refractivity contribution in [1.29, 1.82) is 0 Å². The van der Waals surface area contributed by atoms with Crippen LogP contribution in [0.25, 0.3) is 10.8 Å². The molecule has 0 saturated carbocycles. The molecule has 4 rings (SSSR count). The molecule has 4 nitrogen and oxygen atoms in total. The van der Waals surface area contributed by atoms with Gasteiger partial charge in [-0.1, -0.05) is 119 Å². The van der Waals surface area contributed by atoms with Crippen LogP contribution in [0.2, 0.25) is 25.1 Å². The maximum Gasteiger partial charge on any atom is 0.178 e. The second kappa shape index (κ2) is 9.65. The van der Waals surface area contributed by atoms with E-state index in [4.69, 9.17) is 58.0 Å². The Bertz CT molecular complexity index is 1400. The first-order valence-electron chi connectivity index (χ1n) is 9.74. The number of benzene rings is 4. The number of Topliss-reactive ketones (excluding diaryl/α,β-unsaturated/α-hetero) is 2. The van der Waals surface area contributed by atoms with Gasteiger partial charge in [0, 0.05) is 22.1 Å². The van der Waals surface area contributed by atoms with Crippen LogP contribution >= 0.6 is 58.0 Å². The molecule has 0 fully saturated rings. The smallest absolute Gasteiger partial charge is 0.178 e. The Balaban J connectivity index is 2.09. The van der Waals surface area contributed by atoms with E-state index in [-0.39, 0.29) is 47.6 Å². The number of hydrogen-bond donors (Lipinski definition) is 2. The van der Waals surface area contributed by atoms with Crippen molar-refractivity contribution in [3.63, 3.8) is 0 Å². The molecule has 0 aliphatic carbocycles. The van der Waals surface area contributed by atoms with Crippen LogP contribution in [0.15, 0.2) is 60.7 Å². The molecular formula is C25H13Cl5O4. The first kappa shape index (κ1) is 24.6. The fourth-order valence-electron chi connectivity index (χ4n) is 3.74. The number of fused-ring (bicyclic) bond motifs is 1. The maximum atomic E-state index is 13.6. The summed E-state index contributed by atoms with van der Waals surface area (Å²) in [5.41, 5.74) is 0.0703. The topological polar surface area (TPSA) is 74.6 Å². The van der Waals surface area contributed by atoms with E-state index >= 15 is 0 Å². The van der Waals surface area contributed by atoms with Gasteiger partial charge in [-0.15, -0.1) is 0 Å². The molecule has 0 atom stereocenters. The molecule has 0 unspecified atom stereocenters. The lowest BCUT2D eigenvalue weighted by molar-refractivity contribution is 0.0858. The van der Waals surface area contributed by atoms with Gasteiger partial charge in [0.2, 0.25) is 0 Å². The van der Waals surface area contributed by atoms with E-state index < -0.39 is 34.0 Å². The van der Waals surface area contributed by atoms with Gasteiger partial charge >= 0.3 is 0 Å². The van der Waals surface area contributed by atoms with E-state index in [1.807, 2.05) is 0 Å². The summed E-state index contributed by atoms with van der Waals surface area (Å²) in [4.78, 5) is 27.2. The summed E-state index contributed by atoms with van der Waals surface area (Å²) in [5, 5.41) is 20.7. The van der Waals surface area contributed by atoms with Crippen LogP contribution in [0.3, 0.4) is 0 Å². The molecule has 0 spiro atoms. The van der Waals surface area contributed by atoms with Gasteiger partial charge in [0.05, 0.1) is 30.5 Å². The van der Waals surface area contributed by atoms with Gasteiger partial charge in [-0.25, -0.2) is 0 Å². The summed E-state index contributed by atoms with van der Waals surface area (Å²) in [7, 11) is 0. The molecule has 172 valence electrons. The Morgan fingerprint density at radius 1 is 0.559 bits per heavy atom. The fourth-order valence-corrected chi connectivity index (χ4v) is 5.06. The van der Waals surface area contributed by atoms with Crippen molar-refractivity contribution in [1.82, 2.24) is 0 Å². The van der Waals surface area contributed by atoms with Crippen LogP contribution < -0.4 is 0 Å². The Morgan fingerprint density at radius 2 is 0.941 bits per heavy atom. The average Bonchev–Trinajstić information content (AvgIpc) is 2.86. The number of hydrogen-bond acceptors (Lipinski definition) is 4. The number of aromatic hydroxyl groups is 2. The van der Waals surface area contributed by atoms with Crippen molar-refractivity contribution in [3.05, 3.63) is 102 Å². The van der Waals surface area contributed by atoms with Crippen molar-refractivity contribution in [3.8, 4) is 11.5 Å². The minimum atomic E-state index is -1.61. The number of carbonyl (C=O) groups is 2. The van der Waals surface area contributed by atoms with E-state index in [1.165, 1.54) is 24.3 Å². The maximum absolute atomic E-state index is 13.6. The highest BCUT2D eigenvalue weighted by atomic mass is 35.5. The van der Waals surface area contributed by atoms with Gasteiger partial charge in [-0.3, -0.25) is 9.59 Å². The van der Waals surface area contributed by atoms with E-state index in [0.717, 1.165) is 0 Å². The van der Waals surface area contributed by atoms with Gasteiger partial charge < -0.3 is 10.2 Å². The van der Waals surface area contributed by atoms with Gasteiger partial charge in [-0.2, -0.15) is 0 Å².